The Morgan fingerprint density at radius 3 is 2.45 bits per heavy atom. The molecule has 1 aromatic carbocycles. The molecule has 1 aliphatic rings. The number of nitrogens with zero attached hydrogens (tertiary/aromatic N) is 3. The van der Waals surface area contributed by atoms with Gasteiger partial charge in [0, 0.05) is 24.9 Å². The molecule has 0 saturated carbocycles. The lowest BCUT2D eigenvalue weighted by molar-refractivity contribution is 0.0862. The fourth-order valence-corrected chi connectivity index (χ4v) is 3.51. The molecule has 2 aromatic heterocycles. The van der Waals surface area contributed by atoms with E-state index in [1.165, 1.54) is 55.9 Å². The van der Waals surface area contributed by atoms with E-state index >= 15 is 0 Å². The smallest absolute Gasteiger partial charge is 0.286 e. The van der Waals surface area contributed by atoms with Crippen molar-refractivity contribution in [2.75, 3.05) is 19.6 Å². The number of ether oxygens (including phenoxy) is 1. The molecular weight excluding hydrogens is 397 g/mol. The van der Waals surface area contributed by atoms with Gasteiger partial charge in [0.25, 0.3) is 5.56 Å². The van der Waals surface area contributed by atoms with Crippen LogP contribution in [0, 0.1) is 5.82 Å². The molecule has 0 amide bonds. The van der Waals surface area contributed by atoms with E-state index in [9.17, 15) is 9.18 Å². The van der Waals surface area contributed by atoms with E-state index in [1.54, 1.807) is 18.2 Å². The molecule has 6 nitrogen and oxygen atoms in total. The number of aromatic nitrogens is 2. The summed E-state index contributed by atoms with van der Waals surface area (Å²) in [6.45, 7) is 3.91. The lowest BCUT2D eigenvalue weighted by Gasteiger charge is -2.14. The van der Waals surface area contributed by atoms with Gasteiger partial charge in [-0.25, -0.2) is 4.39 Å². The van der Waals surface area contributed by atoms with Crippen LogP contribution in [0.1, 0.15) is 29.7 Å². The lowest BCUT2D eigenvalue weighted by atomic mass is 10.2. The molecule has 7 heteroatoms. The quantitative estimate of drug-likeness (QED) is 0.529. The van der Waals surface area contributed by atoms with E-state index in [2.05, 4.69) is 16.0 Å². The van der Waals surface area contributed by atoms with Crippen molar-refractivity contribution in [3.8, 4) is 5.75 Å². The van der Waals surface area contributed by atoms with Crippen LogP contribution >= 0.6 is 0 Å². The van der Waals surface area contributed by atoms with E-state index in [4.69, 9.17) is 9.57 Å². The van der Waals surface area contributed by atoms with Gasteiger partial charge in [-0.05, 0) is 61.7 Å². The van der Waals surface area contributed by atoms with Crippen LogP contribution in [-0.2, 0) is 19.6 Å². The summed E-state index contributed by atoms with van der Waals surface area (Å²) in [6.07, 6.45) is 6.99. The first kappa shape index (κ1) is 21.1. The van der Waals surface area contributed by atoms with Crippen molar-refractivity contribution in [3.63, 3.8) is 0 Å². The Hall–Kier alpha value is -3.19. The Morgan fingerprint density at radius 2 is 1.74 bits per heavy atom. The predicted molar refractivity (Wildman–Crippen MR) is 115 cm³/mol. The van der Waals surface area contributed by atoms with Crippen LogP contribution < -0.4 is 15.1 Å². The van der Waals surface area contributed by atoms with Crippen LogP contribution in [0.25, 0.3) is 0 Å². The summed E-state index contributed by atoms with van der Waals surface area (Å²) in [5, 5.41) is 0. The number of rotatable bonds is 9. The molecule has 0 unspecified atom stereocenters. The first-order valence-corrected chi connectivity index (χ1v) is 10.6. The van der Waals surface area contributed by atoms with E-state index in [1.807, 2.05) is 12.3 Å². The van der Waals surface area contributed by atoms with Gasteiger partial charge in [0.1, 0.15) is 18.2 Å². The molecule has 1 saturated heterocycles. The number of likely N-dealkylation sites (tertiary alicyclic amines) is 1. The zero-order valence-electron chi connectivity index (χ0n) is 17.4. The average Bonchev–Trinajstić information content (AvgIpc) is 3.31. The molecule has 0 bridgehead atoms. The maximum atomic E-state index is 12.9. The molecule has 0 atom stereocenters. The van der Waals surface area contributed by atoms with Gasteiger partial charge in [-0.2, -0.15) is 4.73 Å². The van der Waals surface area contributed by atoms with Crippen LogP contribution in [0.5, 0.6) is 5.75 Å². The van der Waals surface area contributed by atoms with Crippen molar-refractivity contribution >= 4 is 0 Å². The zero-order chi connectivity index (χ0) is 21.5. The third-order valence-electron chi connectivity index (χ3n) is 5.33. The van der Waals surface area contributed by atoms with Crippen LogP contribution in [0.2, 0.25) is 0 Å². The SMILES string of the molecule is O=c1cc(OCc2ccc(F)cc2)ccn1OCc1ccc(CCN2CCCC2)cn1. The minimum atomic E-state index is -0.334. The van der Waals surface area contributed by atoms with E-state index in [0.29, 0.717) is 5.75 Å². The summed E-state index contributed by atoms with van der Waals surface area (Å²) >= 11 is 0. The van der Waals surface area contributed by atoms with Crippen molar-refractivity contribution in [3.05, 3.63) is 93.9 Å². The molecule has 3 aromatic rings. The predicted octanol–water partition coefficient (Wildman–Crippen LogP) is 3.23. The Bertz CT molecular complexity index is 1030. The van der Waals surface area contributed by atoms with E-state index in [-0.39, 0.29) is 24.6 Å². The van der Waals surface area contributed by atoms with Crippen molar-refractivity contribution in [2.24, 2.45) is 0 Å². The van der Waals surface area contributed by atoms with Gasteiger partial charge in [0.05, 0.1) is 11.9 Å². The molecule has 31 heavy (non-hydrogen) atoms. The van der Waals surface area contributed by atoms with Gasteiger partial charge < -0.3 is 14.5 Å². The molecule has 4 rings (SSSR count). The maximum Gasteiger partial charge on any atom is 0.286 e. The van der Waals surface area contributed by atoms with Gasteiger partial charge in [-0.15, -0.1) is 0 Å². The molecule has 0 radical (unpaired) electrons. The minimum absolute atomic E-state index is 0.197. The fourth-order valence-electron chi connectivity index (χ4n) is 3.51. The first-order valence-electron chi connectivity index (χ1n) is 10.6. The summed E-state index contributed by atoms with van der Waals surface area (Å²) in [4.78, 5) is 24.8. The second-order valence-corrected chi connectivity index (χ2v) is 7.67. The Morgan fingerprint density at radius 1 is 0.968 bits per heavy atom. The molecule has 3 heterocycles. The number of hydrogen-bond donors (Lipinski definition) is 0. The average molecular weight is 423 g/mol. The number of halogens is 1. The van der Waals surface area contributed by atoms with Crippen molar-refractivity contribution in [2.45, 2.75) is 32.5 Å². The van der Waals surface area contributed by atoms with E-state index in [0.717, 1.165) is 29.0 Å². The highest BCUT2D eigenvalue weighted by Crippen LogP contribution is 2.11. The van der Waals surface area contributed by atoms with Gasteiger partial charge in [-0.1, -0.05) is 18.2 Å². The summed E-state index contributed by atoms with van der Waals surface area (Å²) < 4.78 is 19.7. The van der Waals surface area contributed by atoms with Crippen molar-refractivity contribution in [1.82, 2.24) is 14.6 Å². The van der Waals surface area contributed by atoms with Crippen LogP contribution in [0.4, 0.5) is 4.39 Å². The van der Waals surface area contributed by atoms with Crippen molar-refractivity contribution < 1.29 is 14.0 Å². The lowest BCUT2D eigenvalue weighted by Crippen LogP contribution is -2.25. The third kappa shape index (κ3) is 6.15. The van der Waals surface area contributed by atoms with Crippen LogP contribution in [0.3, 0.4) is 0 Å². The highest BCUT2D eigenvalue weighted by Gasteiger charge is 2.11. The van der Waals surface area contributed by atoms with E-state index < -0.39 is 0 Å². The Kier molecular flexibility index (Phi) is 6.94. The molecule has 1 aliphatic heterocycles. The second-order valence-electron chi connectivity index (χ2n) is 7.67. The summed E-state index contributed by atoms with van der Waals surface area (Å²) in [6, 6.07) is 13.0. The zero-order valence-corrected chi connectivity index (χ0v) is 17.4. The van der Waals surface area contributed by atoms with Crippen LogP contribution in [-0.4, -0.2) is 34.2 Å². The number of benzene rings is 1. The van der Waals surface area contributed by atoms with Gasteiger partial charge >= 0.3 is 0 Å². The monoisotopic (exact) mass is 423 g/mol. The molecule has 162 valence electrons. The largest absolute Gasteiger partial charge is 0.489 e. The molecule has 0 spiro atoms. The minimum Gasteiger partial charge on any atom is -0.489 e. The topological polar surface area (TPSA) is 56.6 Å². The van der Waals surface area contributed by atoms with Gasteiger partial charge in [0.15, 0.2) is 6.61 Å². The van der Waals surface area contributed by atoms with Crippen molar-refractivity contribution in [1.29, 1.82) is 0 Å². The summed E-state index contributed by atoms with van der Waals surface area (Å²) in [5.41, 5.74) is 2.44. The second kappa shape index (κ2) is 10.2. The molecular formula is C24H26FN3O3. The Balaban J connectivity index is 1.26. The fraction of sp³-hybridized carbons (Fsp3) is 0.333. The van der Waals surface area contributed by atoms with Gasteiger partial charge in [0.2, 0.25) is 0 Å². The number of pyridine rings is 2. The standard InChI is InChI=1S/C24H26FN3O3/c25-21-6-3-20(4-7-21)17-30-23-10-14-28(24(29)15-23)31-18-22-8-5-19(16-26-22)9-13-27-11-1-2-12-27/h3-8,10,14-16H,1-2,9,11-13,17-18H2. The summed E-state index contributed by atoms with van der Waals surface area (Å²) in [7, 11) is 0. The van der Waals surface area contributed by atoms with Crippen LogP contribution in [0.15, 0.2) is 65.7 Å². The highest BCUT2D eigenvalue weighted by atomic mass is 19.1. The summed E-state index contributed by atoms with van der Waals surface area (Å²) in [5.74, 6) is 0.129. The molecule has 1 fully saturated rings. The Labute approximate surface area is 180 Å². The third-order valence-corrected chi connectivity index (χ3v) is 5.33. The number of hydrogen-bond acceptors (Lipinski definition) is 5. The highest BCUT2D eigenvalue weighted by molar-refractivity contribution is 5.20. The normalized spacial score (nSPS) is 14.0. The van der Waals surface area contributed by atoms with Gasteiger partial charge in [-0.3, -0.25) is 9.78 Å². The first-order chi connectivity index (χ1) is 15.2. The maximum absolute atomic E-state index is 12.9. The molecule has 0 aliphatic carbocycles. The molecule has 0 N–H and O–H groups in total.